The lowest BCUT2D eigenvalue weighted by Crippen LogP contribution is -2.17. The van der Waals surface area contributed by atoms with Crippen LogP contribution in [0.3, 0.4) is 0 Å². The van der Waals surface area contributed by atoms with Gasteiger partial charge in [-0.25, -0.2) is 17.6 Å². The molecule has 19 heavy (non-hydrogen) atoms. The average Bonchev–Trinajstić information content (AvgIpc) is 2.19. The van der Waals surface area contributed by atoms with E-state index >= 15 is 0 Å². The van der Waals surface area contributed by atoms with E-state index < -0.39 is 39.0 Å². The van der Waals surface area contributed by atoms with Crippen molar-refractivity contribution in [1.82, 2.24) is 0 Å². The second-order valence-electron chi connectivity index (χ2n) is 4.53. The number of nitrogens with two attached hydrogens (primary N) is 1. The van der Waals surface area contributed by atoms with Crippen molar-refractivity contribution in [2.75, 3.05) is 12.0 Å². The lowest BCUT2D eigenvalue weighted by atomic mass is 10.1. The Bertz CT molecular complexity index is 596. The number of benzene rings is 1. The minimum atomic E-state index is -3.41. The highest BCUT2D eigenvalue weighted by molar-refractivity contribution is 7.89. The zero-order valence-electron chi connectivity index (χ0n) is 10.9. The highest BCUT2D eigenvalue weighted by Crippen LogP contribution is 2.22. The molecular weight excluding hydrogens is 273 g/mol. The number of hydrogen-bond acceptors (Lipinski definition) is 5. The van der Waals surface area contributed by atoms with E-state index in [1.165, 1.54) is 12.1 Å². The fourth-order valence-electron chi connectivity index (χ4n) is 1.51. The first kappa shape index (κ1) is 15.4. The first-order valence-electron chi connectivity index (χ1n) is 5.57. The molecule has 0 aliphatic carbocycles. The standard InChI is InChI=1S/C12H16FNO4S/c1-7(2)18-12(15)10-9(14)5-4-8(11(10)13)6-19(3,16)17/h4-5,7H,6,14H2,1-3H3. The molecule has 0 aliphatic rings. The van der Waals surface area contributed by atoms with Gasteiger partial charge in [0.05, 0.1) is 11.9 Å². The van der Waals surface area contributed by atoms with Gasteiger partial charge >= 0.3 is 5.97 Å². The van der Waals surface area contributed by atoms with Crippen LogP contribution in [0, 0.1) is 5.82 Å². The number of esters is 1. The molecule has 106 valence electrons. The Balaban J connectivity index is 3.25. The molecule has 0 unspecified atom stereocenters. The molecule has 7 heteroatoms. The van der Waals surface area contributed by atoms with Gasteiger partial charge in [0.15, 0.2) is 9.84 Å². The lowest BCUT2D eigenvalue weighted by molar-refractivity contribution is 0.0373. The molecule has 0 atom stereocenters. The van der Waals surface area contributed by atoms with Gasteiger partial charge in [0.2, 0.25) is 0 Å². The molecule has 0 fully saturated rings. The molecule has 0 saturated carbocycles. The molecule has 2 N–H and O–H groups in total. The van der Waals surface area contributed by atoms with Crippen LogP contribution in [0.25, 0.3) is 0 Å². The molecule has 5 nitrogen and oxygen atoms in total. The summed E-state index contributed by atoms with van der Waals surface area (Å²) in [5, 5.41) is 0. The Morgan fingerprint density at radius 3 is 2.47 bits per heavy atom. The molecule has 0 saturated heterocycles. The molecule has 0 radical (unpaired) electrons. The fraction of sp³-hybridized carbons (Fsp3) is 0.417. The zero-order valence-corrected chi connectivity index (χ0v) is 11.8. The van der Waals surface area contributed by atoms with Crippen LogP contribution in [0.1, 0.15) is 29.8 Å². The largest absolute Gasteiger partial charge is 0.459 e. The van der Waals surface area contributed by atoms with Gasteiger partial charge < -0.3 is 10.5 Å². The third-order valence-electron chi connectivity index (χ3n) is 2.22. The number of anilines is 1. The Kier molecular flexibility index (Phi) is 4.52. The fourth-order valence-corrected chi connectivity index (χ4v) is 2.30. The van der Waals surface area contributed by atoms with Crippen LogP contribution in [-0.4, -0.2) is 26.7 Å². The van der Waals surface area contributed by atoms with Crippen LogP contribution < -0.4 is 5.73 Å². The lowest BCUT2D eigenvalue weighted by Gasteiger charge is -2.12. The number of carbonyl (C=O) groups excluding carboxylic acids is 1. The number of nitrogen functional groups attached to an aromatic ring is 1. The maximum absolute atomic E-state index is 14.1. The summed E-state index contributed by atoms with van der Waals surface area (Å²) >= 11 is 0. The van der Waals surface area contributed by atoms with Crippen molar-refractivity contribution in [2.24, 2.45) is 0 Å². The van der Waals surface area contributed by atoms with Gasteiger partial charge in [0.1, 0.15) is 11.4 Å². The van der Waals surface area contributed by atoms with Gasteiger partial charge in [-0.05, 0) is 19.9 Å². The summed E-state index contributed by atoms with van der Waals surface area (Å²) in [6.45, 7) is 3.23. The van der Waals surface area contributed by atoms with Crippen molar-refractivity contribution >= 4 is 21.5 Å². The number of rotatable bonds is 4. The number of halogens is 1. The Morgan fingerprint density at radius 2 is 2.00 bits per heavy atom. The predicted molar refractivity (Wildman–Crippen MR) is 69.9 cm³/mol. The topological polar surface area (TPSA) is 86.5 Å². The Morgan fingerprint density at radius 1 is 1.42 bits per heavy atom. The number of ether oxygens (including phenoxy) is 1. The SMILES string of the molecule is CC(C)OC(=O)c1c(N)ccc(CS(C)(=O)=O)c1F. The molecule has 0 aliphatic heterocycles. The summed E-state index contributed by atoms with van der Waals surface area (Å²) in [4.78, 5) is 11.7. The van der Waals surface area contributed by atoms with Crippen LogP contribution in [0.15, 0.2) is 12.1 Å². The first-order chi connectivity index (χ1) is 8.61. The third kappa shape index (κ3) is 4.20. The third-order valence-corrected chi connectivity index (χ3v) is 3.05. The normalized spacial score (nSPS) is 11.6. The average molecular weight is 289 g/mol. The van der Waals surface area contributed by atoms with Crippen molar-refractivity contribution in [2.45, 2.75) is 25.7 Å². The van der Waals surface area contributed by atoms with E-state index in [2.05, 4.69) is 0 Å². The summed E-state index contributed by atoms with van der Waals surface area (Å²) in [6, 6.07) is 2.54. The van der Waals surface area contributed by atoms with Gasteiger partial charge in [0, 0.05) is 17.5 Å². The van der Waals surface area contributed by atoms with E-state index in [1.807, 2.05) is 0 Å². The maximum atomic E-state index is 14.1. The van der Waals surface area contributed by atoms with Crippen LogP contribution in [0.2, 0.25) is 0 Å². The summed E-state index contributed by atoms with van der Waals surface area (Å²) in [5.74, 6) is -2.35. The highest BCUT2D eigenvalue weighted by Gasteiger charge is 2.22. The van der Waals surface area contributed by atoms with E-state index in [0.29, 0.717) is 0 Å². The van der Waals surface area contributed by atoms with Gasteiger partial charge in [-0.1, -0.05) is 6.07 Å². The molecule has 0 spiro atoms. The van der Waals surface area contributed by atoms with E-state index in [4.69, 9.17) is 10.5 Å². The minimum absolute atomic E-state index is 0.0830. The van der Waals surface area contributed by atoms with Gasteiger partial charge in [-0.3, -0.25) is 0 Å². The number of carbonyl (C=O) groups is 1. The van der Waals surface area contributed by atoms with Crippen molar-refractivity contribution < 1.29 is 22.3 Å². The van der Waals surface area contributed by atoms with Crippen LogP contribution in [0.4, 0.5) is 10.1 Å². The Labute approximate surface area is 111 Å². The molecule has 0 bridgehead atoms. The molecule has 0 aromatic heterocycles. The summed E-state index contributed by atoms with van der Waals surface area (Å²) in [5.41, 5.74) is 4.93. The van der Waals surface area contributed by atoms with Crippen molar-refractivity contribution in [1.29, 1.82) is 0 Å². The highest BCUT2D eigenvalue weighted by atomic mass is 32.2. The monoisotopic (exact) mass is 289 g/mol. The molecule has 0 heterocycles. The number of hydrogen-bond donors (Lipinski definition) is 1. The van der Waals surface area contributed by atoms with Gasteiger partial charge in [0.25, 0.3) is 0 Å². The van der Waals surface area contributed by atoms with E-state index in [-0.39, 0.29) is 11.3 Å². The van der Waals surface area contributed by atoms with Crippen molar-refractivity contribution in [3.05, 3.63) is 29.1 Å². The van der Waals surface area contributed by atoms with E-state index in [9.17, 15) is 17.6 Å². The summed E-state index contributed by atoms with van der Waals surface area (Å²) in [7, 11) is -3.41. The second kappa shape index (κ2) is 5.56. The van der Waals surface area contributed by atoms with Crippen LogP contribution in [-0.2, 0) is 20.3 Å². The molecular formula is C12H16FNO4S. The summed E-state index contributed by atoms with van der Waals surface area (Å²) < 4.78 is 41.4. The first-order valence-corrected chi connectivity index (χ1v) is 7.63. The number of sulfone groups is 1. The molecule has 1 aromatic carbocycles. The maximum Gasteiger partial charge on any atom is 0.343 e. The molecule has 0 amide bonds. The van der Waals surface area contributed by atoms with Crippen LogP contribution >= 0.6 is 0 Å². The van der Waals surface area contributed by atoms with Crippen LogP contribution in [0.5, 0.6) is 0 Å². The predicted octanol–water partition coefficient (Wildman–Crippen LogP) is 1.52. The quantitative estimate of drug-likeness (QED) is 0.671. The zero-order chi connectivity index (χ0) is 14.8. The molecule has 1 rings (SSSR count). The minimum Gasteiger partial charge on any atom is -0.459 e. The Hall–Kier alpha value is -1.63. The van der Waals surface area contributed by atoms with E-state index in [0.717, 1.165) is 6.26 Å². The van der Waals surface area contributed by atoms with E-state index in [1.54, 1.807) is 13.8 Å². The smallest absolute Gasteiger partial charge is 0.343 e. The van der Waals surface area contributed by atoms with Gasteiger partial charge in [-0.2, -0.15) is 0 Å². The molecule has 1 aromatic rings. The van der Waals surface area contributed by atoms with Gasteiger partial charge in [-0.15, -0.1) is 0 Å². The van der Waals surface area contributed by atoms with Crippen molar-refractivity contribution in [3.63, 3.8) is 0 Å². The summed E-state index contributed by atoms with van der Waals surface area (Å²) in [6.07, 6.45) is 0.555. The second-order valence-corrected chi connectivity index (χ2v) is 6.67. The van der Waals surface area contributed by atoms with Crippen molar-refractivity contribution in [3.8, 4) is 0 Å².